The fourth-order valence-corrected chi connectivity index (χ4v) is 2.30. The van der Waals surface area contributed by atoms with Crippen LogP contribution in [0.3, 0.4) is 0 Å². The predicted octanol–water partition coefficient (Wildman–Crippen LogP) is 2.76. The molecule has 0 amide bonds. The number of benzene rings is 1. The molecule has 1 unspecified atom stereocenters. The Labute approximate surface area is 109 Å². The lowest BCUT2D eigenvalue weighted by molar-refractivity contribution is 0.626. The molecule has 3 heteroatoms. The van der Waals surface area contributed by atoms with Gasteiger partial charge in [0.15, 0.2) is 0 Å². The molecule has 0 saturated heterocycles. The van der Waals surface area contributed by atoms with Crippen molar-refractivity contribution in [3.63, 3.8) is 0 Å². The van der Waals surface area contributed by atoms with Gasteiger partial charge in [0.25, 0.3) is 0 Å². The summed E-state index contributed by atoms with van der Waals surface area (Å²) in [5.41, 5.74) is 10.1. The summed E-state index contributed by atoms with van der Waals surface area (Å²) >= 11 is 0. The van der Waals surface area contributed by atoms with Crippen molar-refractivity contribution in [2.75, 3.05) is 0 Å². The van der Waals surface area contributed by atoms with Crippen molar-refractivity contribution in [3.05, 3.63) is 53.1 Å². The third-order valence-corrected chi connectivity index (χ3v) is 3.59. The first-order valence-electron chi connectivity index (χ1n) is 6.45. The van der Waals surface area contributed by atoms with Gasteiger partial charge in [-0.3, -0.25) is 0 Å². The van der Waals surface area contributed by atoms with E-state index in [1.807, 2.05) is 12.4 Å². The standard InChI is InChI=1S/C15H21N3/c1-4-18-9-8-17-15(18)10-14(16)13-7-5-6-11(2)12(13)3/h5-9,14H,4,10,16H2,1-3H3. The van der Waals surface area contributed by atoms with Crippen molar-refractivity contribution in [1.82, 2.24) is 9.55 Å². The molecule has 0 saturated carbocycles. The van der Waals surface area contributed by atoms with Crippen LogP contribution in [0.15, 0.2) is 30.6 Å². The van der Waals surface area contributed by atoms with Crippen LogP contribution in [0.1, 0.15) is 35.5 Å². The molecule has 96 valence electrons. The Balaban J connectivity index is 2.22. The third kappa shape index (κ3) is 2.46. The van der Waals surface area contributed by atoms with Crippen LogP contribution in [-0.2, 0) is 13.0 Å². The molecule has 1 aromatic carbocycles. The van der Waals surface area contributed by atoms with Gasteiger partial charge in [-0.1, -0.05) is 18.2 Å². The van der Waals surface area contributed by atoms with Gasteiger partial charge in [0, 0.05) is 31.4 Å². The molecule has 1 heterocycles. The Hall–Kier alpha value is -1.61. The maximum Gasteiger partial charge on any atom is 0.110 e. The van der Waals surface area contributed by atoms with Gasteiger partial charge in [-0.05, 0) is 37.5 Å². The normalized spacial score (nSPS) is 12.7. The molecule has 0 radical (unpaired) electrons. The molecule has 1 aromatic heterocycles. The zero-order valence-corrected chi connectivity index (χ0v) is 11.4. The summed E-state index contributed by atoms with van der Waals surface area (Å²) < 4.78 is 2.14. The average Bonchev–Trinajstić information content (AvgIpc) is 2.79. The molecule has 2 aromatic rings. The van der Waals surface area contributed by atoms with E-state index in [0.717, 1.165) is 18.8 Å². The molecule has 3 nitrogen and oxygen atoms in total. The van der Waals surface area contributed by atoms with Gasteiger partial charge in [-0.25, -0.2) is 4.98 Å². The Morgan fingerprint density at radius 3 is 2.83 bits per heavy atom. The van der Waals surface area contributed by atoms with Crippen LogP contribution < -0.4 is 5.73 Å². The molecular formula is C15H21N3. The van der Waals surface area contributed by atoms with E-state index in [0.29, 0.717) is 0 Å². The van der Waals surface area contributed by atoms with Crippen LogP contribution in [0.25, 0.3) is 0 Å². The molecule has 1 atom stereocenters. The molecule has 2 rings (SSSR count). The van der Waals surface area contributed by atoms with Crippen LogP contribution in [0, 0.1) is 13.8 Å². The highest BCUT2D eigenvalue weighted by molar-refractivity contribution is 5.35. The molecule has 18 heavy (non-hydrogen) atoms. The highest BCUT2D eigenvalue weighted by Crippen LogP contribution is 2.21. The number of imidazole rings is 1. The van der Waals surface area contributed by atoms with E-state index in [-0.39, 0.29) is 6.04 Å². The van der Waals surface area contributed by atoms with E-state index in [4.69, 9.17) is 5.73 Å². The predicted molar refractivity (Wildman–Crippen MR) is 74.4 cm³/mol. The molecule has 2 N–H and O–H groups in total. The minimum Gasteiger partial charge on any atom is -0.335 e. The summed E-state index contributed by atoms with van der Waals surface area (Å²) in [5, 5.41) is 0. The molecule has 0 bridgehead atoms. The number of hydrogen-bond donors (Lipinski definition) is 1. The molecule has 0 aliphatic heterocycles. The summed E-state index contributed by atoms with van der Waals surface area (Å²) in [4.78, 5) is 4.39. The Kier molecular flexibility index (Phi) is 3.82. The zero-order valence-electron chi connectivity index (χ0n) is 11.4. The third-order valence-electron chi connectivity index (χ3n) is 3.59. The second-order valence-electron chi connectivity index (χ2n) is 4.73. The zero-order chi connectivity index (χ0) is 13.1. The quantitative estimate of drug-likeness (QED) is 0.897. The van der Waals surface area contributed by atoms with Gasteiger partial charge in [0.2, 0.25) is 0 Å². The van der Waals surface area contributed by atoms with Crippen LogP contribution in [0.2, 0.25) is 0 Å². The summed E-state index contributed by atoms with van der Waals surface area (Å²) in [6.07, 6.45) is 4.63. The first-order valence-corrected chi connectivity index (χ1v) is 6.45. The molecular weight excluding hydrogens is 222 g/mol. The number of nitrogens with zero attached hydrogens (tertiary/aromatic N) is 2. The number of nitrogens with two attached hydrogens (primary N) is 1. The fourth-order valence-electron chi connectivity index (χ4n) is 2.30. The monoisotopic (exact) mass is 243 g/mol. The summed E-state index contributed by atoms with van der Waals surface area (Å²) in [7, 11) is 0. The molecule has 0 fully saturated rings. The van der Waals surface area contributed by atoms with Crippen molar-refractivity contribution >= 4 is 0 Å². The lowest BCUT2D eigenvalue weighted by Crippen LogP contribution is -2.17. The van der Waals surface area contributed by atoms with Crippen molar-refractivity contribution in [1.29, 1.82) is 0 Å². The van der Waals surface area contributed by atoms with Gasteiger partial charge in [-0.15, -0.1) is 0 Å². The SMILES string of the molecule is CCn1ccnc1CC(N)c1cccc(C)c1C. The summed E-state index contributed by atoms with van der Waals surface area (Å²) in [6.45, 7) is 7.32. The molecule has 0 aliphatic rings. The summed E-state index contributed by atoms with van der Waals surface area (Å²) in [6, 6.07) is 6.33. The Morgan fingerprint density at radius 1 is 1.33 bits per heavy atom. The van der Waals surface area contributed by atoms with Gasteiger partial charge in [0.05, 0.1) is 0 Å². The smallest absolute Gasteiger partial charge is 0.110 e. The highest BCUT2D eigenvalue weighted by atomic mass is 15.1. The minimum absolute atomic E-state index is 0.0117. The van der Waals surface area contributed by atoms with E-state index in [1.54, 1.807) is 0 Å². The topological polar surface area (TPSA) is 43.8 Å². The van der Waals surface area contributed by atoms with E-state index in [1.165, 1.54) is 16.7 Å². The van der Waals surface area contributed by atoms with Gasteiger partial charge in [-0.2, -0.15) is 0 Å². The number of aromatic nitrogens is 2. The van der Waals surface area contributed by atoms with E-state index >= 15 is 0 Å². The van der Waals surface area contributed by atoms with E-state index in [2.05, 4.69) is 48.5 Å². The number of aryl methyl sites for hydroxylation is 2. The van der Waals surface area contributed by atoms with Crippen molar-refractivity contribution < 1.29 is 0 Å². The minimum atomic E-state index is 0.0117. The van der Waals surface area contributed by atoms with Gasteiger partial charge in [0.1, 0.15) is 5.82 Å². The van der Waals surface area contributed by atoms with Gasteiger partial charge < -0.3 is 10.3 Å². The van der Waals surface area contributed by atoms with Crippen LogP contribution in [-0.4, -0.2) is 9.55 Å². The lowest BCUT2D eigenvalue weighted by atomic mass is 9.96. The van der Waals surface area contributed by atoms with Crippen LogP contribution >= 0.6 is 0 Å². The van der Waals surface area contributed by atoms with Crippen LogP contribution in [0.5, 0.6) is 0 Å². The second kappa shape index (κ2) is 5.36. The van der Waals surface area contributed by atoms with E-state index < -0.39 is 0 Å². The number of hydrogen-bond acceptors (Lipinski definition) is 2. The highest BCUT2D eigenvalue weighted by Gasteiger charge is 2.13. The van der Waals surface area contributed by atoms with Crippen molar-refractivity contribution in [3.8, 4) is 0 Å². The van der Waals surface area contributed by atoms with Crippen LogP contribution in [0.4, 0.5) is 0 Å². The van der Waals surface area contributed by atoms with Crippen molar-refractivity contribution in [2.24, 2.45) is 5.73 Å². The van der Waals surface area contributed by atoms with Crippen molar-refractivity contribution in [2.45, 2.75) is 39.8 Å². The Morgan fingerprint density at radius 2 is 2.11 bits per heavy atom. The van der Waals surface area contributed by atoms with Gasteiger partial charge >= 0.3 is 0 Å². The maximum atomic E-state index is 6.33. The largest absolute Gasteiger partial charge is 0.335 e. The first-order chi connectivity index (χ1) is 8.63. The first kappa shape index (κ1) is 12.8. The average molecular weight is 243 g/mol. The molecule has 0 spiro atoms. The van der Waals surface area contributed by atoms with E-state index in [9.17, 15) is 0 Å². The maximum absolute atomic E-state index is 6.33. The fraction of sp³-hybridized carbons (Fsp3) is 0.400. The summed E-state index contributed by atoms with van der Waals surface area (Å²) in [5.74, 6) is 1.06. The molecule has 0 aliphatic carbocycles. The Bertz CT molecular complexity index is 528. The number of rotatable bonds is 4. The second-order valence-corrected chi connectivity index (χ2v) is 4.73. The lowest BCUT2D eigenvalue weighted by Gasteiger charge is -2.16.